The van der Waals surface area contributed by atoms with Crippen molar-refractivity contribution in [3.05, 3.63) is 46.8 Å². The molecule has 136 valence electrons. The van der Waals surface area contributed by atoms with Crippen LogP contribution in [0.25, 0.3) is 0 Å². The number of carbonyl (C=O) groups excluding carboxylic acids is 1. The quantitative estimate of drug-likeness (QED) is 0.873. The Morgan fingerprint density at radius 1 is 1.27 bits per heavy atom. The average molecular weight is 355 g/mol. The van der Waals surface area contributed by atoms with Crippen LogP contribution in [0, 0.1) is 5.92 Å². The Bertz CT molecular complexity index is 860. The van der Waals surface area contributed by atoms with Crippen LogP contribution in [-0.4, -0.2) is 52.3 Å². The maximum Gasteiger partial charge on any atom is 0.308 e. The van der Waals surface area contributed by atoms with Gasteiger partial charge in [-0.05, 0) is 30.9 Å². The fourth-order valence-electron chi connectivity index (χ4n) is 4.15. The Kier molecular flexibility index (Phi) is 4.14. The minimum Gasteiger partial charge on any atom is -0.496 e. The van der Waals surface area contributed by atoms with E-state index in [1.807, 2.05) is 24.3 Å². The number of H-pyrrole nitrogens is 1. The van der Waals surface area contributed by atoms with E-state index in [0.717, 1.165) is 36.1 Å². The maximum absolute atomic E-state index is 13.0. The molecule has 2 aromatic rings. The lowest BCUT2D eigenvalue weighted by Gasteiger charge is -2.18. The second-order valence-corrected chi connectivity index (χ2v) is 6.89. The minimum absolute atomic E-state index is 0.179. The van der Waals surface area contributed by atoms with Gasteiger partial charge in [-0.3, -0.25) is 14.7 Å². The number of aromatic amines is 1. The minimum atomic E-state index is -0.900. The van der Waals surface area contributed by atoms with E-state index in [1.165, 1.54) is 0 Å². The van der Waals surface area contributed by atoms with E-state index in [-0.39, 0.29) is 18.4 Å². The van der Waals surface area contributed by atoms with Gasteiger partial charge in [-0.2, -0.15) is 5.10 Å². The number of hydrogen-bond acceptors (Lipinski definition) is 4. The number of hydrogen-bond donors (Lipinski definition) is 2. The zero-order valence-electron chi connectivity index (χ0n) is 14.6. The van der Waals surface area contributed by atoms with Gasteiger partial charge in [0, 0.05) is 30.3 Å². The smallest absolute Gasteiger partial charge is 0.308 e. The molecule has 4 rings (SSSR count). The largest absolute Gasteiger partial charge is 0.496 e. The van der Waals surface area contributed by atoms with Crippen LogP contribution in [0.4, 0.5) is 0 Å². The van der Waals surface area contributed by atoms with Gasteiger partial charge in [0.25, 0.3) is 5.91 Å². The Morgan fingerprint density at radius 2 is 2.08 bits per heavy atom. The molecular weight excluding hydrogens is 334 g/mol. The van der Waals surface area contributed by atoms with Crippen LogP contribution in [-0.2, 0) is 17.6 Å². The van der Waals surface area contributed by atoms with Crippen molar-refractivity contribution in [2.24, 2.45) is 5.92 Å². The van der Waals surface area contributed by atoms with Crippen molar-refractivity contribution < 1.29 is 19.4 Å². The molecule has 1 aromatic heterocycles. The number of para-hydroxylation sites is 1. The van der Waals surface area contributed by atoms with Gasteiger partial charge in [-0.25, -0.2) is 0 Å². The zero-order chi connectivity index (χ0) is 18.3. The van der Waals surface area contributed by atoms with E-state index >= 15 is 0 Å². The second-order valence-electron chi connectivity index (χ2n) is 6.89. The number of likely N-dealkylation sites (tertiary alicyclic amines) is 1. The number of rotatable bonds is 4. The molecule has 2 N–H and O–H groups in total. The molecule has 0 bridgehead atoms. The molecule has 0 radical (unpaired) electrons. The molecule has 1 saturated heterocycles. The molecule has 2 aliphatic rings. The summed E-state index contributed by atoms with van der Waals surface area (Å²) in [7, 11) is 1.57. The molecular formula is C19H21N3O4. The van der Waals surface area contributed by atoms with Crippen molar-refractivity contribution in [3.8, 4) is 5.75 Å². The van der Waals surface area contributed by atoms with Crippen molar-refractivity contribution >= 4 is 11.9 Å². The predicted molar refractivity (Wildman–Crippen MR) is 93.4 cm³/mol. The molecule has 1 fully saturated rings. The maximum atomic E-state index is 13.0. The standard InChI is InChI=1S/C19H21N3O4/c1-26-16-8-3-2-5-11(16)13-9-22(10-14(13)19(24)25)18(23)17-12-6-4-7-15(12)20-21-17/h2-3,5,8,13-14H,4,6-7,9-10H2,1H3,(H,20,21)(H,24,25)/t13-,14+/m0/s1. The second kappa shape index (κ2) is 6.48. The van der Waals surface area contributed by atoms with Gasteiger partial charge < -0.3 is 14.7 Å². The first-order valence-corrected chi connectivity index (χ1v) is 8.81. The van der Waals surface area contributed by atoms with Crippen LogP contribution in [0.2, 0.25) is 0 Å². The van der Waals surface area contributed by atoms with E-state index in [4.69, 9.17) is 4.74 Å². The lowest BCUT2D eigenvalue weighted by molar-refractivity contribution is -0.141. The predicted octanol–water partition coefficient (Wildman–Crippen LogP) is 1.85. The molecule has 1 amide bonds. The number of aliphatic carboxylic acids is 1. The van der Waals surface area contributed by atoms with E-state index < -0.39 is 11.9 Å². The van der Waals surface area contributed by atoms with Crippen molar-refractivity contribution in [1.29, 1.82) is 0 Å². The molecule has 7 heteroatoms. The molecule has 1 aliphatic carbocycles. The van der Waals surface area contributed by atoms with Crippen molar-refractivity contribution in [2.45, 2.75) is 25.2 Å². The molecule has 0 spiro atoms. The number of aromatic nitrogens is 2. The summed E-state index contributed by atoms with van der Waals surface area (Å²) in [6, 6.07) is 7.41. The van der Waals surface area contributed by atoms with Crippen LogP contribution in [0.3, 0.4) is 0 Å². The highest BCUT2D eigenvalue weighted by Crippen LogP contribution is 2.38. The summed E-state index contributed by atoms with van der Waals surface area (Å²) in [6.45, 7) is 0.524. The Hall–Kier alpha value is -2.83. The molecule has 0 saturated carbocycles. The fourth-order valence-corrected chi connectivity index (χ4v) is 4.15. The van der Waals surface area contributed by atoms with Gasteiger partial charge in [0.1, 0.15) is 5.75 Å². The molecule has 1 aromatic carbocycles. The van der Waals surface area contributed by atoms with Gasteiger partial charge in [-0.15, -0.1) is 0 Å². The first-order valence-electron chi connectivity index (χ1n) is 8.81. The van der Waals surface area contributed by atoms with Crippen LogP contribution < -0.4 is 4.74 Å². The summed E-state index contributed by atoms with van der Waals surface area (Å²) in [4.78, 5) is 26.4. The summed E-state index contributed by atoms with van der Waals surface area (Å²) < 4.78 is 5.40. The number of amides is 1. The third kappa shape index (κ3) is 2.64. The van der Waals surface area contributed by atoms with Gasteiger partial charge >= 0.3 is 5.97 Å². The number of benzene rings is 1. The number of nitrogens with one attached hydrogen (secondary N) is 1. The molecule has 26 heavy (non-hydrogen) atoms. The summed E-state index contributed by atoms with van der Waals surface area (Å²) >= 11 is 0. The van der Waals surface area contributed by atoms with Gasteiger partial charge in [0.05, 0.1) is 13.0 Å². The third-order valence-corrected chi connectivity index (χ3v) is 5.47. The van der Waals surface area contributed by atoms with Gasteiger partial charge in [0.15, 0.2) is 5.69 Å². The lowest BCUT2D eigenvalue weighted by atomic mass is 9.88. The van der Waals surface area contributed by atoms with E-state index in [9.17, 15) is 14.7 Å². The number of aryl methyl sites for hydroxylation is 1. The molecule has 7 nitrogen and oxygen atoms in total. The first kappa shape index (κ1) is 16.6. The number of carboxylic acid groups (broad SMARTS) is 1. The summed E-state index contributed by atoms with van der Waals surface area (Å²) in [5.41, 5.74) is 3.29. The number of ether oxygens (including phenoxy) is 1. The number of carbonyl (C=O) groups is 2. The van der Waals surface area contributed by atoms with Crippen molar-refractivity contribution in [1.82, 2.24) is 15.1 Å². The first-order chi connectivity index (χ1) is 12.6. The van der Waals surface area contributed by atoms with E-state index in [1.54, 1.807) is 12.0 Å². The van der Waals surface area contributed by atoms with Crippen LogP contribution in [0.1, 0.15) is 39.6 Å². The number of nitrogens with zero attached hydrogens (tertiary/aromatic N) is 2. The zero-order valence-corrected chi connectivity index (χ0v) is 14.6. The summed E-state index contributed by atoms with van der Waals surface area (Å²) in [5, 5.41) is 16.8. The highest BCUT2D eigenvalue weighted by Gasteiger charge is 2.42. The number of carboxylic acids is 1. The normalized spacial score (nSPS) is 21.7. The Labute approximate surface area is 151 Å². The van der Waals surface area contributed by atoms with E-state index in [0.29, 0.717) is 18.0 Å². The lowest BCUT2D eigenvalue weighted by Crippen LogP contribution is -2.30. The average Bonchev–Trinajstić information content (AvgIpc) is 3.35. The van der Waals surface area contributed by atoms with Gasteiger partial charge in [-0.1, -0.05) is 18.2 Å². The molecule has 2 heterocycles. The fraction of sp³-hybridized carbons (Fsp3) is 0.421. The summed E-state index contributed by atoms with van der Waals surface area (Å²) in [5.74, 6) is -1.41. The van der Waals surface area contributed by atoms with Gasteiger partial charge in [0.2, 0.25) is 0 Å². The monoisotopic (exact) mass is 355 g/mol. The number of fused-ring (bicyclic) bond motifs is 1. The highest BCUT2D eigenvalue weighted by molar-refractivity contribution is 5.95. The molecule has 0 unspecified atom stereocenters. The van der Waals surface area contributed by atoms with Crippen molar-refractivity contribution in [2.75, 3.05) is 20.2 Å². The number of methoxy groups -OCH3 is 1. The van der Waals surface area contributed by atoms with Crippen LogP contribution >= 0.6 is 0 Å². The summed E-state index contributed by atoms with van der Waals surface area (Å²) in [6.07, 6.45) is 2.78. The third-order valence-electron chi connectivity index (χ3n) is 5.47. The molecule has 2 atom stereocenters. The molecule has 1 aliphatic heterocycles. The van der Waals surface area contributed by atoms with Crippen LogP contribution in [0.15, 0.2) is 24.3 Å². The Morgan fingerprint density at radius 3 is 2.85 bits per heavy atom. The van der Waals surface area contributed by atoms with Crippen molar-refractivity contribution in [3.63, 3.8) is 0 Å². The topological polar surface area (TPSA) is 95.5 Å². The van der Waals surface area contributed by atoms with Crippen LogP contribution in [0.5, 0.6) is 5.75 Å². The van der Waals surface area contributed by atoms with E-state index in [2.05, 4.69) is 10.2 Å². The SMILES string of the molecule is COc1ccccc1[C@@H]1CN(C(=O)c2n[nH]c3c2CCC3)C[C@H]1C(=O)O. The Balaban J connectivity index is 1.63. The highest BCUT2D eigenvalue weighted by atomic mass is 16.5.